The lowest BCUT2D eigenvalue weighted by molar-refractivity contribution is -0.385. The van der Waals surface area contributed by atoms with Crippen molar-refractivity contribution in [1.82, 2.24) is 4.57 Å². The Morgan fingerprint density at radius 3 is 2.65 bits per heavy atom. The van der Waals surface area contributed by atoms with Gasteiger partial charge in [0.15, 0.2) is 0 Å². The number of ether oxygens (including phenoxy) is 1. The van der Waals surface area contributed by atoms with Gasteiger partial charge in [0, 0.05) is 39.4 Å². The first-order chi connectivity index (χ1) is 16.4. The molecule has 0 unspecified atom stereocenters. The molecule has 3 aromatic carbocycles. The molecule has 0 bridgehead atoms. The van der Waals surface area contributed by atoms with Crippen LogP contribution in [-0.4, -0.2) is 22.5 Å². The van der Waals surface area contributed by atoms with Crippen molar-refractivity contribution in [2.24, 2.45) is 0 Å². The molecule has 34 heavy (non-hydrogen) atoms. The van der Waals surface area contributed by atoms with Crippen molar-refractivity contribution in [3.8, 4) is 5.75 Å². The van der Waals surface area contributed by atoms with E-state index < -0.39 is 4.92 Å². The van der Waals surface area contributed by atoms with Crippen molar-refractivity contribution in [3.63, 3.8) is 0 Å². The predicted octanol–water partition coefficient (Wildman–Crippen LogP) is 6.06. The van der Waals surface area contributed by atoms with Gasteiger partial charge in [0.1, 0.15) is 10.9 Å². The van der Waals surface area contributed by atoms with Gasteiger partial charge in [-0.3, -0.25) is 14.9 Å². The molecule has 0 atom stereocenters. The van der Waals surface area contributed by atoms with E-state index in [1.165, 1.54) is 6.07 Å². The van der Waals surface area contributed by atoms with Crippen LogP contribution in [0.15, 0.2) is 60.7 Å². The third kappa shape index (κ3) is 3.50. The highest BCUT2D eigenvalue weighted by molar-refractivity contribution is 6.38. The van der Waals surface area contributed by atoms with Gasteiger partial charge < -0.3 is 14.6 Å². The molecule has 4 aromatic rings. The van der Waals surface area contributed by atoms with E-state index in [-0.39, 0.29) is 18.1 Å². The average Bonchev–Trinajstić information content (AvgIpc) is 3.27. The third-order valence-corrected chi connectivity index (χ3v) is 6.48. The number of rotatable bonds is 5. The average molecular weight is 474 g/mol. The van der Waals surface area contributed by atoms with Crippen LogP contribution < -0.4 is 10.1 Å². The number of halogens is 1. The first-order valence-electron chi connectivity index (χ1n) is 10.6. The van der Waals surface area contributed by atoms with Crippen molar-refractivity contribution in [1.29, 1.82) is 0 Å². The van der Waals surface area contributed by atoms with Gasteiger partial charge in [0.05, 0.1) is 24.1 Å². The molecule has 0 aliphatic carbocycles. The summed E-state index contributed by atoms with van der Waals surface area (Å²) in [6.07, 6.45) is 1.77. The highest BCUT2D eigenvalue weighted by Gasteiger charge is 2.26. The molecule has 0 saturated heterocycles. The maximum Gasteiger partial charge on any atom is 0.274 e. The normalized spacial score (nSPS) is 13.9. The van der Waals surface area contributed by atoms with Crippen LogP contribution in [0.3, 0.4) is 0 Å². The summed E-state index contributed by atoms with van der Waals surface area (Å²) in [6, 6.07) is 17.9. The lowest BCUT2D eigenvalue weighted by atomic mass is 10.0. The van der Waals surface area contributed by atoms with Crippen molar-refractivity contribution < 1.29 is 14.5 Å². The molecule has 2 heterocycles. The van der Waals surface area contributed by atoms with Crippen LogP contribution in [-0.2, 0) is 11.3 Å². The summed E-state index contributed by atoms with van der Waals surface area (Å²) in [5.74, 6) is 0.471. The monoisotopic (exact) mass is 473 g/mol. The summed E-state index contributed by atoms with van der Waals surface area (Å²) in [6.45, 7) is 2.12. The minimum absolute atomic E-state index is 0.0228. The third-order valence-electron chi connectivity index (χ3n) is 6.07. The zero-order valence-electron chi connectivity index (χ0n) is 18.5. The molecule has 1 aliphatic heterocycles. The molecule has 0 radical (unpaired) electrons. The Morgan fingerprint density at radius 2 is 1.88 bits per heavy atom. The summed E-state index contributed by atoms with van der Waals surface area (Å²) in [5.41, 5.74) is 4.93. The first-order valence-corrected chi connectivity index (χ1v) is 11.0. The number of para-hydroxylation sites is 2. The Hall–Kier alpha value is -4.10. The number of anilines is 1. The number of hydrogen-bond acceptors (Lipinski definition) is 4. The number of nitrogens with zero attached hydrogens (tertiary/aromatic N) is 2. The molecule has 0 saturated carbocycles. The number of aromatic nitrogens is 1. The van der Waals surface area contributed by atoms with E-state index in [1.54, 1.807) is 31.4 Å². The van der Waals surface area contributed by atoms with Crippen LogP contribution in [0.4, 0.5) is 11.4 Å². The Bertz CT molecular complexity index is 1520. The Labute approximate surface area is 200 Å². The lowest BCUT2D eigenvalue weighted by Gasteiger charge is -2.10. The zero-order chi connectivity index (χ0) is 24.0. The summed E-state index contributed by atoms with van der Waals surface area (Å²) in [7, 11) is 1.60. The van der Waals surface area contributed by atoms with Gasteiger partial charge in [-0.05, 0) is 36.8 Å². The second-order valence-electron chi connectivity index (χ2n) is 8.07. The van der Waals surface area contributed by atoms with E-state index in [9.17, 15) is 14.9 Å². The summed E-state index contributed by atoms with van der Waals surface area (Å²) < 4.78 is 7.36. The minimum Gasteiger partial charge on any atom is -0.496 e. The molecule has 0 spiro atoms. The largest absolute Gasteiger partial charge is 0.496 e. The molecule has 1 aromatic heterocycles. The molecule has 5 rings (SSSR count). The number of nitrogens with one attached hydrogen (secondary N) is 1. The van der Waals surface area contributed by atoms with Gasteiger partial charge in [-0.15, -0.1) is 0 Å². The number of fused-ring (bicyclic) bond motifs is 2. The fourth-order valence-corrected chi connectivity index (χ4v) is 4.71. The van der Waals surface area contributed by atoms with Gasteiger partial charge in [-0.2, -0.15) is 0 Å². The molecule has 1 amide bonds. The fourth-order valence-electron chi connectivity index (χ4n) is 4.41. The summed E-state index contributed by atoms with van der Waals surface area (Å²) in [5, 5.41) is 15.6. The molecule has 7 nitrogen and oxygen atoms in total. The molecular formula is C26H20ClN3O4. The topological polar surface area (TPSA) is 86.4 Å². The van der Waals surface area contributed by atoms with Gasteiger partial charge in [-0.1, -0.05) is 48.0 Å². The second kappa shape index (κ2) is 8.35. The van der Waals surface area contributed by atoms with E-state index in [4.69, 9.17) is 16.3 Å². The highest BCUT2D eigenvalue weighted by Crippen LogP contribution is 2.40. The number of nitro benzene ring substituents is 1. The van der Waals surface area contributed by atoms with Crippen LogP contribution in [0, 0.1) is 17.0 Å². The number of methoxy groups -OCH3 is 1. The summed E-state index contributed by atoms with van der Waals surface area (Å²) >= 11 is 6.91. The van der Waals surface area contributed by atoms with E-state index in [0.29, 0.717) is 27.6 Å². The zero-order valence-corrected chi connectivity index (χ0v) is 19.2. The van der Waals surface area contributed by atoms with Crippen LogP contribution in [0.5, 0.6) is 5.75 Å². The second-order valence-corrected chi connectivity index (χ2v) is 8.43. The van der Waals surface area contributed by atoms with Crippen molar-refractivity contribution >= 4 is 51.4 Å². The number of hydrogen-bond donors (Lipinski definition) is 1. The SMILES string of the molecule is COc1cc2c(/C=C3/C(=O)Nc4ccccc43)c(Cl)n(Cc3ccccc3[N+](=O)[O-])c2cc1C. The quantitative estimate of drug-likeness (QED) is 0.217. The first kappa shape index (κ1) is 21.7. The van der Waals surface area contributed by atoms with E-state index >= 15 is 0 Å². The van der Waals surface area contributed by atoms with Gasteiger partial charge in [0.2, 0.25) is 0 Å². The van der Waals surface area contributed by atoms with Crippen LogP contribution in [0.1, 0.15) is 22.3 Å². The van der Waals surface area contributed by atoms with Crippen LogP contribution in [0.2, 0.25) is 5.15 Å². The number of amides is 1. The van der Waals surface area contributed by atoms with Gasteiger partial charge >= 0.3 is 0 Å². The molecule has 1 N–H and O–H groups in total. The maximum absolute atomic E-state index is 12.7. The summed E-state index contributed by atoms with van der Waals surface area (Å²) in [4.78, 5) is 23.9. The minimum atomic E-state index is -0.397. The van der Waals surface area contributed by atoms with Crippen LogP contribution in [0.25, 0.3) is 22.6 Å². The smallest absolute Gasteiger partial charge is 0.274 e. The van der Waals surface area contributed by atoms with E-state index in [2.05, 4.69) is 5.32 Å². The predicted molar refractivity (Wildman–Crippen MR) is 133 cm³/mol. The van der Waals surface area contributed by atoms with Gasteiger partial charge in [0.25, 0.3) is 11.6 Å². The van der Waals surface area contributed by atoms with E-state index in [1.807, 2.05) is 47.9 Å². The Balaban J connectivity index is 1.75. The number of carbonyl (C=O) groups excluding carboxylic acids is 1. The number of nitro groups is 1. The number of aryl methyl sites for hydroxylation is 1. The molecule has 0 fully saturated rings. The van der Waals surface area contributed by atoms with E-state index in [0.717, 1.165) is 27.7 Å². The standard InChI is InChI=1S/C26H20ClN3O4/c1-15-11-23-18(13-24(15)34-2)19(12-20-17-8-4-5-9-21(17)28-26(20)31)25(27)29(23)14-16-7-3-6-10-22(16)30(32)33/h3-13H,14H2,1-2H3,(H,28,31)/b20-12+. The Morgan fingerprint density at radius 1 is 1.15 bits per heavy atom. The Kier molecular flexibility index (Phi) is 5.34. The molecule has 8 heteroatoms. The van der Waals surface area contributed by atoms with Gasteiger partial charge in [-0.25, -0.2) is 0 Å². The van der Waals surface area contributed by atoms with Crippen LogP contribution >= 0.6 is 11.6 Å². The number of benzene rings is 3. The molecule has 1 aliphatic rings. The lowest BCUT2D eigenvalue weighted by Crippen LogP contribution is -2.04. The fraction of sp³-hybridized carbons (Fsp3) is 0.115. The van der Waals surface area contributed by atoms with Crippen molar-refractivity contribution in [2.45, 2.75) is 13.5 Å². The van der Waals surface area contributed by atoms with Crippen molar-refractivity contribution in [2.75, 3.05) is 12.4 Å². The number of carbonyl (C=O) groups is 1. The maximum atomic E-state index is 12.7. The molecule has 170 valence electrons. The van der Waals surface area contributed by atoms with Crippen molar-refractivity contribution in [3.05, 3.63) is 98.2 Å². The molecular weight excluding hydrogens is 454 g/mol. The highest BCUT2D eigenvalue weighted by atomic mass is 35.5.